The van der Waals surface area contributed by atoms with Gasteiger partial charge >= 0.3 is 0 Å². The van der Waals surface area contributed by atoms with E-state index in [1.54, 1.807) is 6.92 Å². The second kappa shape index (κ2) is 6.15. The van der Waals surface area contributed by atoms with Crippen molar-refractivity contribution in [3.05, 3.63) is 24.0 Å². The van der Waals surface area contributed by atoms with Crippen molar-refractivity contribution in [2.24, 2.45) is 0 Å². The van der Waals surface area contributed by atoms with Crippen molar-refractivity contribution in [2.45, 2.75) is 37.6 Å². The van der Waals surface area contributed by atoms with Crippen molar-refractivity contribution in [3.8, 4) is 5.75 Å². The summed E-state index contributed by atoms with van der Waals surface area (Å²) in [4.78, 5) is -0.173. The van der Waals surface area contributed by atoms with E-state index >= 15 is 0 Å². The van der Waals surface area contributed by atoms with E-state index in [9.17, 15) is 12.8 Å². The summed E-state index contributed by atoms with van der Waals surface area (Å²) in [7, 11) is -2.41. The first-order chi connectivity index (χ1) is 8.40. The van der Waals surface area contributed by atoms with Crippen LogP contribution in [-0.2, 0) is 10.0 Å². The standard InChI is InChI=1S/C12H18FNO3S/c1-4-5-9(2)14-18(15,16)12-8-10(13)6-7-11(12)17-3/h6-9,14H,4-5H2,1-3H3/t9-/m1/s1. The van der Waals surface area contributed by atoms with Gasteiger partial charge in [0, 0.05) is 6.04 Å². The maximum atomic E-state index is 13.2. The summed E-state index contributed by atoms with van der Waals surface area (Å²) >= 11 is 0. The van der Waals surface area contributed by atoms with E-state index in [1.807, 2.05) is 6.92 Å². The van der Waals surface area contributed by atoms with Gasteiger partial charge in [-0.2, -0.15) is 0 Å². The summed E-state index contributed by atoms with van der Waals surface area (Å²) in [5, 5.41) is 0. The molecule has 18 heavy (non-hydrogen) atoms. The fraction of sp³-hybridized carbons (Fsp3) is 0.500. The van der Waals surface area contributed by atoms with Crippen LogP contribution in [0.15, 0.2) is 23.1 Å². The van der Waals surface area contributed by atoms with Gasteiger partial charge < -0.3 is 4.74 Å². The Kier molecular flexibility index (Phi) is 5.10. The van der Waals surface area contributed by atoms with E-state index in [0.717, 1.165) is 25.0 Å². The Morgan fingerprint density at radius 3 is 2.67 bits per heavy atom. The monoisotopic (exact) mass is 275 g/mol. The second-order valence-corrected chi connectivity index (χ2v) is 5.79. The van der Waals surface area contributed by atoms with Gasteiger partial charge in [0.25, 0.3) is 0 Å². The van der Waals surface area contributed by atoms with Gasteiger partial charge in [0.2, 0.25) is 10.0 Å². The highest BCUT2D eigenvalue weighted by Gasteiger charge is 2.22. The first-order valence-corrected chi connectivity index (χ1v) is 7.25. The SMILES string of the molecule is CCC[C@@H](C)NS(=O)(=O)c1cc(F)ccc1OC. The first kappa shape index (κ1) is 14.9. The van der Waals surface area contributed by atoms with Gasteiger partial charge in [0.05, 0.1) is 7.11 Å². The average Bonchev–Trinajstić information content (AvgIpc) is 2.28. The van der Waals surface area contributed by atoms with Gasteiger partial charge in [-0.05, 0) is 31.5 Å². The molecule has 6 heteroatoms. The van der Waals surface area contributed by atoms with Crippen LogP contribution < -0.4 is 9.46 Å². The predicted molar refractivity (Wildman–Crippen MR) is 67.6 cm³/mol. The molecule has 0 bridgehead atoms. The van der Waals surface area contributed by atoms with Gasteiger partial charge in [-0.1, -0.05) is 13.3 Å². The summed E-state index contributed by atoms with van der Waals surface area (Å²) in [6.07, 6.45) is 1.58. The van der Waals surface area contributed by atoms with Crippen LogP contribution in [0.3, 0.4) is 0 Å². The zero-order chi connectivity index (χ0) is 13.8. The summed E-state index contributed by atoms with van der Waals surface area (Å²) in [5.74, 6) is -0.480. The minimum absolute atomic E-state index is 0.132. The molecular formula is C12H18FNO3S. The molecule has 1 aromatic carbocycles. The van der Waals surface area contributed by atoms with Gasteiger partial charge in [0.1, 0.15) is 16.5 Å². The Balaban J connectivity index is 3.07. The molecule has 1 atom stereocenters. The number of ether oxygens (including phenoxy) is 1. The number of halogens is 1. The second-order valence-electron chi connectivity index (χ2n) is 4.11. The number of sulfonamides is 1. The van der Waals surface area contributed by atoms with Crippen LogP contribution in [0.4, 0.5) is 4.39 Å². The zero-order valence-corrected chi connectivity index (χ0v) is 11.6. The lowest BCUT2D eigenvalue weighted by Gasteiger charge is -2.15. The topological polar surface area (TPSA) is 55.4 Å². The quantitative estimate of drug-likeness (QED) is 0.866. The molecule has 0 aliphatic rings. The lowest BCUT2D eigenvalue weighted by Crippen LogP contribution is -2.32. The fourth-order valence-electron chi connectivity index (χ4n) is 1.68. The Morgan fingerprint density at radius 1 is 1.44 bits per heavy atom. The van der Waals surface area contributed by atoms with Crippen LogP contribution in [0.1, 0.15) is 26.7 Å². The molecule has 0 aliphatic heterocycles. The highest BCUT2D eigenvalue weighted by atomic mass is 32.2. The van der Waals surface area contributed by atoms with Crippen molar-refractivity contribution in [2.75, 3.05) is 7.11 Å². The molecule has 1 aromatic rings. The number of nitrogens with one attached hydrogen (secondary N) is 1. The molecule has 4 nitrogen and oxygen atoms in total. The van der Waals surface area contributed by atoms with Crippen LogP contribution in [0.25, 0.3) is 0 Å². The fourth-order valence-corrected chi connectivity index (χ4v) is 3.14. The van der Waals surface area contributed by atoms with Crippen LogP contribution in [-0.4, -0.2) is 21.6 Å². The van der Waals surface area contributed by atoms with Gasteiger partial charge in [-0.15, -0.1) is 0 Å². The molecule has 0 aromatic heterocycles. The molecule has 0 radical (unpaired) electrons. The summed E-state index contributed by atoms with van der Waals surface area (Å²) < 4.78 is 44.8. The van der Waals surface area contributed by atoms with Crippen molar-refractivity contribution in [1.29, 1.82) is 0 Å². The number of hydrogen-bond donors (Lipinski definition) is 1. The van der Waals surface area contributed by atoms with Crippen LogP contribution in [0, 0.1) is 5.82 Å². The Bertz CT molecular complexity index is 502. The number of benzene rings is 1. The molecule has 0 spiro atoms. The van der Waals surface area contributed by atoms with E-state index in [-0.39, 0.29) is 16.7 Å². The molecule has 0 saturated carbocycles. The highest BCUT2D eigenvalue weighted by molar-refractivity contribution is 7.89. The maximum Gasteiger partial charge on any atom is 0.244 e. The van der Waals surface area contributed by atoms with Crippen molar-refractivity contribution < 1.29 is 17.5 Å². The normalized spacial score (nSPS) is 13.3. The molecule has 0 fully saturated rings. The molecule has 0 saturated heterocycles. The average molecular weight is 275 g/mol. The minimum Gasteiger partial charge on any atom is -0.495 e. The first-order valence-electron chi connectivity index (χ1n) is 5.76. The minimum atomic E-state index is -3.76. The third-order valence-electron chi connectivity index (χ3n) is 2.49. The Hall–Kier alpha value is -1.14. The van der Waals surface area contributed by atoms with Crippen LogP contribution >= 0.6 is 0 Å². The third-order valence-corrected chi connectivity index (χ3v) is 4.10. The third kappa shape index (κ3) is 3.68. The van der Waals surface area contributed by atoms with Crippen molar-refractivity contribution in [3.63, 3.8) is 0 Å². The van der Waals surface area contributed by atoms with Crippen molar-refractivity contribution in [1.82, 2.24) is 4.72 Å². The van der Waals surface area contributed by atoms with Crippen LogP contribution in [0.2, 0.25) is 0 Å². The largest absolute Gasteiger partial charge is 0.495 e. The lowest BCUT2D eigenvalue weighted by molar-refractivity contribution is 0.400. The maximum absolute atomic E-state index is 13.2. The Labute approximate surface area is 107 Å². The van der Waals surface area contributed by atoms with Gasteiger partial charge in [0.15, 0.2) is 0 Å². The summed E-state index contributed by atoms with van der Waals surface area (Å²) in [6.45, 7) is 3.74. The summed E-state index contributed by atoms with van der Waals surface area (Å²) in [6, 6.07) is 3.22. The predicted octanol–water partition coefficient (Wildman–Crippen LogP) is 2.30. The number of rotatable bonds is 6. The van der Waals surface area contributed by atoms with E-state index in [1.165, 1.54) is 13.2 Å². The zero-order valence-electron chi connectivity index (χ0n) is 10.7. The number of hydrogen-bond acceptors (Lipinski definition) is 3. The number of methoxy groups -OCH3 is 1. The van der Waals surface area contributed by atoms with Gasteiger partial charge in [-0.3, -0.25) is 0 Å². The lowest BCUT2D eigenvalue weighted by atomic mass is 10.2. The molecule has 0 amide bonds. The molecular weight excluding hydrogens is 257 g/mol. The van der Waals surface area contributed by atoms with E-state index in [2.05, 4.69) is 4.72 Å². The van der Waals surface area contributed by atoms with E-state index < -0.39 is 15.8 Å². The molecule has 1 N–H and O–H groups in total. The van der Waals surface area contributed by atoms with E-state index in [0.29, 0.717) is 0 Å². The smallest absolute Gasteiger partial charge is 0.244 e. The molecule has 0 unspecified atom stereocenters. The molecule has 102 valence electrons. The Morgan fingerprint density at radius 2 is 2.11 bits per heavy atom. The van der Waals surface area contributed by atoms with Crippen molar-refractivity contribution >= 4 is 10.0 Å². The highest BCUT2D eigenvalue weighted by Crippen LogP contribution is 2.24. The molecule has 0 aliphatic carbocycles. The molecule has 1 rings (SSSR count). The van der Waals surface area contributed by atoms with Gasteiger partial charge in [-0.25, -0.2) is 17.5 Å². The van der Waals surface area contributed by atoms with Crippen LogP contribution in [0.5, 0.6) is 5.75 Å². The molecule has 0 heterocycles. The van der Waals surface area contributed by atoms with E-state index in [4.69, 9.17) is 4.74 Å². The summed E-state index contributed by atoms with van der Waals surface area (Å²) in [5.41, 5.74) is 0.